The summed E-state index contributed by atoms with van der Waals surface area (Å²) in [6, 6.07) is 13.3. The lowest BCUT2D eigenvalue weighted by Gasteiger charge is -2.31. The Morgan fingerprint density at radius 3 is 2.46 bits per heavy atom. The minimum absolute atomic E-state index is 0.0311. The number of likely N-dealkylation sites (tertiary alicyclic amines) is 1. The number of pyridine rings is 1. The first kappa shape index (κ1) is 13.7. The largest absolute Gasteiger partial charge is 0.321 e. The number of nitrogens with one attached hydrogen (secondary N) is 1. The normalized spacial score (nSPS) is 16.1. The van der Waals surface area contributed by atoms with Crippen LogP contribution in [0.2, 0.25) is 0 Å². The van der Waals surface area contributed by atoms with Crippen LogP contribution in [0, 0.1) is 0 Å². The summed E-state index contributed by atoms with van der Waals surface area (Å²) >= 11 is 0. The fourth-order valence-corrected chi connectivity index (χ4v) is 3.83. The van der Waals surface area contributed by atoms with Crippen LogP contribution in [0.5, 0.6) is 0 Å². The van der Waals surface area contributed by atoms with Crippen LogP contribution in [0.4, 0.5) is 0 Å². The van der Waals surface area contributed by atoms with Crippen molar-refractivity contribution in [3.8, 4) is 11.3 Å². The highest BCUT2D eigenvalue weighted by Gasteiger charge is 2.32. The summed E-state index contributed by atoms with van der Waals surface area (Å²) in [5.74, 6) is 0.0311. The molecule has 1 saturated heterocycles. The molecule has 1 N–H and O–H groups in total. The molecule has 0 radical (unpaired) electrons. The molecule has 118 valence electrons. The molecule has 0 amide bonds. The molecule has 0 bridgehead atoms. The Balaban J connectivity index is 1.77. The van der Waals surface area contributed by atoms with Gasteiger partial charge in [-0.2, -0.15) is 0 Å². The van der Waals surface area contributed by atoms with Gasteiger partial charge in [0, 0.05) is 28.4 Å². The first-order chi connectivity index (χ1) is 11.7. The van der Waals surface area contributed by atoms with Crippen LogP contribution in [-0.2, 0) is 6.54 Å². The van der Waals surface area contributed by atoms with Crippen molar-refractivity contribution in [2.24, 2.45) is 0 Å². The summed E-state index contributed by atoms with van der Waals surface area (Å²) in [4.78, 5) is 30.9. The molecule has 0 unspecified atom stereocenters. The molecule has 1 aliphatic carbocycles. The summed E-state index contributed by atoms with van der Waals surface area (Å²) in [7, 11) is 0. The average molecular weight is 316 g/mol. The third-order valence-electron chi connectivity index (χ3n) is 5.15. The van der Waals surface area contributed by atoms with Crippen molar-refractivity contribution < 1.29 is 4.79 Å². The van der Waals surface area contributed by atoms with Crippen LogP contribution in [0.1, 0.15) is 27.9 Å². The SMILES string of the molecule is O=C1c2c(CN3CCC3)cccc2-c2[nH]c(=O)c3ccccc3c21. The predicted molar refractivity (Wildman–Crippen MR) is 93.3 cm³/mol. The summed E-state index contributed by atoms with van der Waals surface area (Å²) in [5, 5.41) is 1.31. The first-order valence-electron chi connectivity index (χ1n) is 8.28. The molecule has 2 heterocycles. The smallest absolute Gasteiger partial charge is 0.256 e. The summed E-state index contributed by atoms with van der Waals surface area (Å²) in [6.45, 7) is 2.97. The van der Waals surface area contributed by atoms with E-state index in [4.69, 9.17) is 0 Å². The standard InChI is InChI=1S/C20H16N2O2/c23-19-16-12(11-22-9-4-10-22)5-3-8-15(16)18-17(19)13-6-1-2-7-14(13)20(24)21-18/h1-3,5-8H,4,9-11H2,(H,21,24). The van der Waals surface area contributed by atoms with Crippen molar-refractivity contribution in [2.75, 3.05) is 13.1 Å². The molecule has 0 spiro atoms. The van der Waals surface area contributed by atoms with Crippen molar-refractivity contribution in [3.63, 3.8) is 0 Å². The Labute approximate surface area is 138 Å². The quantitative estimate of drug-likeness (QED) is 0.618. The second-order valence-electron chi connectivity index (χ2n) is 6.55. The lowest BCUT2D eigenvalue weighted by molar-refractivity contribution is 0.104. The number of hydrogen-bond acceptors (Lipinski definition) is 3. The monoisotopic (exact) mass is 316 g/mol. The van der Waals surface area contributed by atoms with Gasteiger partial charge in [0.1, 0.15) is 0 Å². The van der Waals surface area contributed by atoms with E-state index in [1.54, 1.807) is 6.07 Å². The number of carbonyl (C=O) groups excluding carboxylic acids is 1. The maximum Gasteiger partial charge on any atom is 0.256 e. The number of ketones is 1. The fraction of sp³-hybridized carbons (Fsp3) is 0.200. The zero-order valence-electron chi connectivity index (χ0n) is 13.1. The van der Waals surface area contributed by atoms with E-state index >= 15 is 0 Å². The van der Waals surface area contributed by atoms with E-state index in [1.165, 1.54) is 6.42 Å². The maximum atomic E-state index is 13.2. The number of H-pyrrole nitrogens is 1. The zero-order valence-corrected chi connectivity index (χ0v) is 13.1. The molecule has 4 heteroatoms. The number of rotatable bonds is 2. The molecule has 1 aromatic heterocycles. The van der Waals surface area contributed by atoms with E-state index < -0.39 is 0 Å². The maximum absolute atomic E-state index is 13.2. The van der Waals surface area contributed by atoms with Crippen LogP contribution < -0.4 is 5.56 Å². The Hall–Kier alpha value is -2.72. The van der Waals surface area contributed by atoms with Gasteiger partial charge < -0.3 is 4.98 Å². The second-order valence-corrected chi connectivity index (χ2v) is 6.55. The lowest BCUT2D eigenvalue weighted by atomic mass is 9.99. The molecule has 1 aliphatic heterocycles. The zero-order chi connectivity index (χ0) is 16.3. The van der Waals surface area contributed by atoms with E-state index in [0.717, 1.165) is 41.7 Å². The fourth-order valence-electron chi connectivity index (χ4n) is 3.83. The Morgan fingerprint density at radius 1 is 0.917 bits per heavy atom. The predicted octanol–water partition coefficient (Wildman–Crippen LogP) is 2.95. The van der Waals surface area contributed by atoms with Gasteiger partial charge in [0.05, 0.1) is 11.3 Å². The molecule has 1 fully saturated rings. The third-order valence-corrected chi connectivity index (χ3v) is 5.15. The van der Waals surface area contributed by atoms with Crippen molar-refractivity contribution in [3.05, 3.63) is 69.5 Å². The molecule has 0 saturated carbocycles. The van der Waals surface area contributed by atoms with Gasteiger partial charge in [0.25, 0.3) is 5.56 Å². The van der Waals surface area contributed by atoms with Crippen LogP contribution in [-0.4, -0.2) is 28.8 Å². The van der Waals surface area contributed by atoms with Crippen molar-refractivity contribution >= 4 is 16.6 Å². The third kappa shape index (κ3) is 1.77. The molecule has 5 rings (SSSR count). The molecule has 2 aliphatic rings. The van der Waals surface area contributed by atoms with Gasteiger partial charge in [0.15, 0.2) is 5.78 Å². The van der Waals surface area contributed by atoms with E-state index in [2.05, 4.69) is 9.88 Å². The molecule has 24 heavy (non-hydrogen) atoms. The molecular weight excluding hydrogens is 300 g/mol. The molecular formula is C20H16N2O2. The number of nitrogens with zero attached hydrogens (tertiary/aromatic N) is 1. The van der Waals surface area contributed by atoms with Crippen LogP contribution in [0.3, 0.4) is 0 Å². The summed E-state index contributed by atoms with van der Waals surface area (Å²) < 4.78 is 0. The van der Waals surface area contributed by atoms with Gasteiger partial charge in [-0.15, -0.1) is 0 Å². The van der Waals surface area contributed by atoms with E-state index in [-0.39, 0.29) is 11.3 Å². The topological polar surface area (TPSA) is 53.2 Å². The average Bonchev–Trinajstić information content (AvgIpc) is 2.85. The number of aromatic amines is 1. The van der Waals surface area contributed by atoms with E-state index in [9.17, 15) is 9.59 Å². The number of benzene rings is 2. The number of aromatic nitrogens is 1. The molecule has 0 atom stereocenters. The van der Waals surface area contributed by atoms with Gasteiger partial charge in [-0.05, 0) is 31.1 Å². The highest BCUT2D eigenvalue weighted by atomic mass is 16.1. The number of carbonyl (C=O) groups is 1. The Kier molecular flexibility index (Phi) is 2.79. The number of fused-ring (bicyclic) bond motifs is 5. The van der Waals surface area contributed by atoms with Gasteiger partial charge in [-0.3, -0.25) is 14.5 Å². The molecule has 4 nitrogen and oxygen atoms in total. The van der Waals surface area contributed by atoms with E-state index in [1.807, 2.05) is 36.4 Å². The minimum atomic E-state index is -0.141. The molecule has 3 aromatic rings. The summed E-state index contributed by atoms with van der Waals surface area (Å²) in [6.07, 6.45) is 1.22. The van der Waals surface area contributed by atoms with Gasteiger partial charge >= 0.3 is 0 Å². The van der Waals surface area contributed by atoms with Crippen molar-refractivity contribution in [2.45, 2.75) is 13.0 Å². The van der Waals surface area contributed by atoms with Gasteiger partial charge in [0.2, 0.25) is 0 Å². The first-order valence-corrected chi connectivity index (χ1v) is 8.28. The Morgan fingerprint density at radius 2 is 1.71 bits per heavy atom. The van der Waals surface area contributed by atoms with Crippen molar-refractivity contribution in [1.29, 1.82) is 0 Å². The lowest BCUT2D eigenvalue weighted by Crippen LogP contribution is -2.36. The van der Waals surface area contributed by atoms with Crippen LogP contribution >= 0.6 is 0 Å². The van der Waals surface area contributed by atoms with Gasteiger partial charge in [-0.1, -0.05) is 36.4 Å². The van der Waals surface area contributed by atoms with Crippen molar-refractivity contribution in [1.82, 2.24) is 9.88 Å². The van der Waals surface area contributed by atoms with Crippen LogP contribution in [0.25, 0.3) is 22.0 Å². The highest BCUT2D eigenvalue weighted by Crippen LogP contribution is 2.39. The number of hydrogen-bond donors (Lipinski definition) is 1. The minimum Gasteiger partial charge on any atom is -0.321 e. The molecule has 2 aromatic carbocycles. The van der Waals surface area contributed by atoms with Gasteiger partial charge in [-0.25, -0.2) is 0 Å². The Bertz CT molecular complexity index is 1060. The summed E-state index contributed by atoms with van der Waals surface area (Å²) in [5.41, 5.74) is 3.83. The second kappa shape index (κ2) is 4.89. The van der Waals surface area contributed by atoms with E-state index in [0.29, 0.717) is 16.6 Å². The van der Waals surface area contributed by atoms with Crippen LogP contribution in [0.15, 0.2) is 47.3 Å². The highest BCUT2D eigenvalue weighted by molar-refractivity contribution is 6.27.